The van der Waals surface area contributed by atoms with E-state index in [1.54, 1.807) is 0 Å². The average molecular weight is 343 g/mol. The quantitative estimate of drug-likeness (QED) is 0.677. The maximum Gasteiger partial charge on any atom is 0.306 e. The fourth-order valence-electron chi connectivity index (χ4n) is 1.45. The highest BCUT2D eigenvalue weighted by Crippen LogP contribution is 2.26. The summed E-state index contributed by atoms with van der Waals surface area (Å²) in [5.41, 5.74) is -0.240. The highest BCUT2D eigenvalue weighted by molar-refractivity contribution is 8.09. The van der Waals surface area contributed by atoms with Gasteiger partial charge in [0.1, 0.15) is 5.75 Å². The number of nitrogens with zero attached hydrogens (tertiary/aromatic N) is 1. The molecule has 1 aromatic carbocycles. The molecule has 20 heavy (non-hydrogen) atoms. The minimum absolute atomic E-state index is 0.190. The number of hydrogen-bond donors (Lipinski definition) is 0. The highest BCUT2D eigenvalue weighted by atomic mass is 32.3. The first-order valence-electron chi connectivity index (χ1n) is 5.01. The molecule has 0 aliphatic heterocycles. The number of anilines is 1. The molecule has 0 saturated heterocycles. The molecule has 0 spiro atoms. The predicted molar refractivity (Wildman–Crippen MR) is 74.1 cm³/mol. The van der Waals surface area contributed by atoms with Gasteiger partial charge in [0.15, 0.2) is 0 Å². The van der Waals surface area contributed by atoms with Crippen LogP contribution in [0.2, 0.25) is 0 Å². The lowest BCUT2D eigenvalue weighted by molar-refractivity contribution is 0.493. The van der Waals surface area contributed by atoms with Gasteiger partial charge < -0.3 is 4.18 Å². The van der Waals surface area contributed by atoms with Crippen molar-refractivity contribution in [2.45, 2.75) is 0 Å². The van der Waals surface area contributed by atoms with E-state index in [2.05, 4.69) is 4.18 Å². The standard InChI is InChI=1S/C9H13NO7S3/c1-18(11,12)10(19(2,13)14)8-5-4-6-9(7-8)17-20(3,15)16/h4-7H,1-3H3. The first kappa shape index (κ1) is 16.7. The topological polar surface area (TPSA) is 115 Å². The van der Waals surface area contributed by atoms with Gasteiger partial charge in [-0.05, 0) is 12.1 Å². The van der Waals surface area contributed by atoms with Gasteiger partial charge in [-0.2, -0.15) is 12.1 Å². The Kier molecular flexibility index (Phi) is 4.36. The molecule has 0 fully saturated rings. The van der Waals surface area contributed by atoms with E-state index in [0.717, 1.165) is 24.8 Å². The minimum Gasteiger partial charge on any atom is -0.383 e. The second-order valence-corrected chi connectivity index (χ2v) is 9.48. The van der Waals surface area contributed by atoms with E-state index in [1.165, 1.54) is 18.2 Å². The lowest BCUT2D eigenvalue weighted by atomic mass is 10.3. The van der Waals surface area contributed by atoms with Crippen LogP contribution < -0.4 is 7.89 Å². The molecule has 0 unspecified atom stereocenters. The Morgan fingerprint density at radius 1 is 0.900 bits per heavy atom. The first-order valence-corrected chi connectivity index (χ1v) is 10.5. The highest BCUT2D eigenvalue weighted by Gasteiger charge is 2.27. The lowest BCUT2D eigenvalue weighted by Crippen LogP contribution is -2.35. The number of benzene rings is 1. The van der Waals surface area contributed by atoms with Crippen LogP contribution in [0.4, 0.5) is 5.69 Å². The Labute approximate surface area is 118 Å². The molecule has 0 heterocycles. The summed E-state index contributed by atoms with van der Waals surface area (Å²) in [5, 5.41) is 0. The summed E-state index contributed by atoms with van der Waals surface area (Å²) in [6, 6.07) is 4.74. The molecule has 0 aliphatic rings. The van der Waals surface area contributed by atoms with Crippen molar-refractivity contribution in [3.63, 3.8) is 0 Å². The first-order chi connectivity index (χ1) is 8.81. The molecule has 0 aromatic heterocycles. The summed E-state index contributed by atoms with van der Waals surface area (Å²) in [4.78, 5) is 0. The van der Waals surface area contributed by atoms with Gasteiger partial charge in [0.25, 0.3) is 0 Å². The van der Waals surface area contributed by atoms with Crippen LogP contribution in [0.1, 0.15) is 0 Å². The van der Waals surface area contributed by atoms with Crippen molar-refractivity contribution in [2.75, 3.05) is 22.5 Å². The monoisotopic (exact) mass is 343 g/mol. The second kappa shape index (κ2) is 5.22. The zero-order chi connectivity index (χ0) is 15.8. The molecule has 1 aromatic rings. The van der Waals surface area contributed by atoms with Crippen LogP contribution in [0.25, 0.3) is 0 Å². The SMILES string of the molecule is CS(=O)(=O)Oc1cccc(N(S(C)(=O)=O)S(C)(=O)=O)c1. The second-order valence-electron chi connectivity index (χ2n) is 4.01. The molecule has 8 nitrogen and oxygen atoms in total. The molecule has 0 saturated carbocycles. The molecule has 0 amide bonds. The normalized spacial score (nSPS) is 12.9. The molecular weight excluding hydrogens is 330 g/mol. The Hall–Kier alpha value is -1.33. The van der Waals surface area contributed by atoms with Gasteiger partial charge in [-0.25, -0.2) is 16.8 Å². The zero-order valence-corrected chi connectivity index (χ0v) is 13.3. The smallest absolute Gasteiger partial charge is 0.306 e. The predicted octanol–water partition coefficient (Wildman–Crippen LogP) is -0.249. The third-order valence-electron chi connectivity index (χ3n) is 1.88. The van der Waals surface area contributed by atoms with Crippen molar-refractivity contribution in [2.24, 2.45) is 0 Å². The molecule has 0 radical (unpaired) electrons. The minimum atomic E-state index is -4.10. The molecule has 114 valence electrons. The summed E-state index contributed by atoms with van der Waals surface area (Å²) in [6.45, 7) is 0. The number of sulfonamides is 2. The zero-order valence-electron chi connectivity index (χ0n) is 10.8. The van der Waals surface area contributed by atoms with Crippen molar-refractivity contribution in [3.05, 3.63) is 24.3 Å². The van der Waals surface area contributed by atoms with Crippen LogP contribution in [0.3, 0.4) is 0 Å². The van der Waals surface area contributed by atoms with Crippen LogP contribution >= 0.6 is 0 Å². The van der Waals surface area contributed by atoms with Gasteiger partial charge in [0, 0.05) is 6.07 Å². The van der Waals surface area contributed by atoms with E-state index in [4.69, 9.17) is 0 Å². The third kappa shape index (κ3) is 4.65. The van der Waals surface area contributed by atoms with E-state index in [-0.39, 0.29) is 15.1 Å². The van der Waals surface area contributed by atoms with Gasteiger partial charge >= 0.3 is 10.1 Å². The van der Waals surface area contributed by atoms with Gasteiger partial charge in [-0.15, -0.1) is 0 Å². The summed E-state index contributed by atoms with van der Waals surface area (Å²) in [6.07, 6.45) is 2.25. The molecule has 0 atom stereocenters. The molecule has 1 rings (SSSR count). The van der Waals surface area contributed by atoms with E-state index in [9.17, 15) is 25.3 Å². The number of rotatable bonds is 5. The van der Waals surface area contributed by atoms with Crippen LogP contribution in [0.15, 0.2) is 24.3 Å². The Bertz CT molecular complexity index is 777. The average Bonchev–Trinajstić information content (AvgIpc) is 2.09. The maximum absolute atomic E-state index is 11.6. The van der Waals surface area contributed by atoms with Gasteiger partial charge in [0.2, 0.25) is 20.0 Å². The lowest BCUT2D eigenvalue weighted by Gasteiger charge is -2.20. The third-order valence-corrected chi connectivity index (χ3v) is 5.62. The summed E-state index contributed by atoms with van der Waals surface area (Å²) in [5.74, 6) is -0.192. The fraction of sp³-hybridized carbons (Fsp3) is 0.333. The van der Waals surface area contributed by atoms with Crippen molar-refractivity contribution in [1.29, 1.82) is 0 Å². The molecule has 0 bridgehead atoms. The molecule has 11 heteroatoms. The maximum atomic E-state index is 11.6. The Morgan fingerprint density at radius 2 is 1.40 bits per heavy atom. The fourth-order valence-corrected chi connectivity index (χ4v) is 4.87. The van der Waals surface area contributed by atoms with Crippen LogP contribution in [-0.2, 0) is 30.2 Å². The van der Waals surface area contributed by atoms with Crippen molar-refractivity contribution >= 4 is 35.9 Å². The summed E-state index contributed by atoms with van der Waals surface area (Å²) < 4.78 is 73.0. The van der Waals surface area contributed by atoms with Crippen LogP contribution in [0.5, 0.6) is 5.75 Å². The molecule has 0 N–H and O–H groups in total. The van der Waals surface area contributed by atoms with Crippen LogP contribution in [-0.4, -0.2) is 44.0 Å². The van der Waals surface area contributed by atoms with E-state index in [0.29, 0.717) is 0 Å². The van der Waals surface area contributed by atoms with Gasteiger partial charge in [-0.3, -0.25) is 0 Å². The van der Waals surface area contributed by atoms with E-state index < -0.39 is 30.2 Å². The molecule has 0 aliphatic carbocycles. The van der Waals surface area contributed by atoms with Gasteiger partial charge in [-0.1, -0.05) is 6.07 Å². The van der Waals surface area contributed by atoms with E-state index in [1.807, 2.05) is 0 Å². The number of hydrogen-bond acceptors (Lipinski definition) is 7. The van der Waals surface area contributed by atoms with Crippen molar-refractivity contribution < 1.29 is 29.4 Å². The van der Waals surface area contributed by atoms with Crippen molar-refractivity contribution in [3.8, 4) is 5.75 Å². The van der Waals surface area contributed by atoms with Gasteiger partial charge in [0.05, 0.1) is 24.5 Å². The summed E-state index contributed by atoms with van der Waals surface area (Å²) >= 11 is 0. The Morgan fingerprint density at radius 3 is 1.80 bits per heavy atom. The largest absolute Gasteiger partial charge is 0.383 e. The van der Waals surface area contributed by atoms with E-state index >= 15 is 0 Å². The van der Waals surface area contributed by atoms with Crippen LogP contribution in [0, 0.1) is 0 Å². The molecular formula is C9H13NO7S3. The summed E-state index contributed by atoms with van der Waals surface area (Å²) in [7, 11) is -12.0. The van der Waals surface area contributed by atoms with Crippen molar-refractivity contribution in [1.82, 2.24) is 0 Å². The Balaban J connectivity index is 3.42.